The number of carbonyl (C=O) groups is 1. The second-order valence-electron chi connectivity index (χ2n) is 5.57. The van der Waals surface area contributed by atoms with E-state index >= 15 is 0 Å². The normalized spacial score (nSPS) is 16.4. The van der Waals surface area contributed by atoms with Gasteiger partial charge in [-0.1, -0.05) is 11.6 Å². The zero-order chi connectivity index (χ0) is 17.9. The third-order valence-electron chi connectivity index (χ3n) is 3.96. The molecule has 2 aromatic rings. The van der Waals surface area contributed by atoms with Crippen molar-refractivity contribution in [3.8, 4) is 0 Å². The molecule has 0 atom stereocenters. The quantitative estimate of drug-likeness (QED) is 0.746. The third kappa shape index (κ3) is 4.30. The molecule has 1 aromatic heterocycles. The third-order valence-corrected chi connectivity index (χ3v) is 6.83. The van der Waals surface area contributed by atoms with Crippen LogP contribution in [-0.4, -0.2) is 49.7 Å². The molecule has 25 heavy (non-hydrogen) atoms. The average Bonchev–Trinajstić information content (AvgIpc) is 3.14. The Kier molecular flexibility index (Phi) is 5.58. The number of thiophene rings is 1. The Hall–Kier alpha value is -1.67. The van der Waals surface area contributed by atoms with Crippen molar-refractivity contribution in [1.29, 1.82) is 0 Å². The van der Waals surface area contributed by atoms with Gasteiger partial charge in [0.05, 0.1) is 4.90 Å². The monoisotopic (exact) mass is 396 g/mol. The van der Waals surface area contributed by atoms with Gasteiger partial charge in [0, 0.05) is 37.3 Å². The highest BCUT2D eigenvalue weighted by molar-refractivity contribution is 7.89. The summed E-state index contributed by atoms with van der Waals surface area (Å²) < 4.78 is 26.7. The summed E-state index contributed by atoms with van der Waals surface area (Å²) in [6.07, 6.45) is 3.31. The molecule has 0 bridgehead atoms. The van der Waals surface area contributed by atoms with Gasteiger partial charge in [-0.15, -0.1) is 0 Å². The van der Waals surface area contributed by atoms with Gasteiger partial charge in [0.1, 0.15) is 0 Å². The molecule has 0 radical (unpaired) electrons. The van der Waals surface area contributed by atoms with Crippen LogP contribution in [-0.2, 0) is 14.8 Å². The second kappa shape index (κ2) is 7.70. The van der Waals surface area contributed by atoms with Crippen molar-refractivity contribution in [2.45, 2.75) is 4.90 Å². The molecule has 1 saturated heterocycles. The van der Waals surface area contributed by atoms with E-state index in [2.05, 4.69) is 0 Å². The molecule has 0 aliphatic carbocycles. The Labute approximate surface area is 156 Å². The summed E-state index contributed by atoms with van der Waals surface area (Å²) in [6.45, 7) is 1.31. The van der Waals surface area contributed by atoms with E-state index in [4.69, 9.17) is 11.6 Å². The lowest BCUT2D eigenvalue weighted by molar-refractivity contribution is -0.127. The number of halogens is 1. The van der Waals surface area contributed by atoms with Gasteiger partial charge in [-0.25, -0.2) is 8.42 Å². The lowest BCUT2D eigenvalue weighted by Crippen LogP contribution is -2.50. The van der Waals surface area contributed by atoms with Crippen LogP contribution < -0.4 is 0 Å². The Bertz CT molecular complexity index is 854. The van der Waals surface area contributed by atoms with E-state index in [0.29, 0.717) is 18.1 Å². The minimum atomic E-state index is -3.56. The summed E-state index contributed by atoms with van der Waals surface area (Å²) >= 11 is 7.38. The van der Waals surface area contributed by atoms with Gasteiger partial charge >= 0.3 is 0 Å². The van der Waals surface area contributed by atoms with Gasteiger partial charge in [0.2, 0.25) is 15.9 Å². The molecule has 0 N–H and O–H groups in total. The molecule has 1 amide bonds. The Balaban J connectivity index is 1.61. The first-order valence-corrected chi connectivity index (χ1v) is 10.5. The van der Waals surface area contributed by atoms with Crippen molar-refractivity contribution < 1.29 is 13.2 Å². The van der Waals surface area contributed by atoms with Crippen LogP contribution in [0.25, 0.3) is 6.08 Å². The van der Waals surface area contributed by atoms with Crippen molar-refractivity contribution in [2.24, 2.45) is 0 Å². The number of hydrogen-bond donors (Lipinski definition) is 0. The molecule has 0 unspecified atom stereocenters. The van der Waals surface area contributed by atoms with Gasteiger partial charge < -0.3 is 4.90 Å². The van der Waals surface area contributed by atoms with Crippen molar-refractivity contribution in [3.05, 3.63) is 57.8 Å². The number of hydrogen-bond acceptors (Lipinski definition) is 4. The summed E-state index contributed by atoms with van der Waals surface area (Å²) in [6, 6.07) is 8.05. The average molecular weight is 397 g/mol. The van der Waals surface area contributed by atoms with Gasteiger partial charge in [0.25, 0.3) is 0 Å². The highest BCUT2D eigenvalue weighted by atomic mass is 35.5. The maximum absolute atomic E-state index is 12.6. The number of carbonyl (C=O) groups excluding carboxylic acids is 1. The van der Waals surface area contributed by atoms with Crippen molar-refractivity contribution in [3.63, 3.8) is 0 Å². The van der Waals surface area contributed by atoms with Crippen LogP contribution in [0, 0.1) is 0 Å². The predicted octanol–water partition coefficient (Wildman–Crippen LogP) is 2.95. The van der Waals surface area contributed by atoms with E-state index < -0.39 is 10.0 Å². The van der Waals surface area contributed by atoms with Gasteiger partial charge in [-0.3, -0.25) is 4.79 Å². The second-order valence-corrected chi connectivity index (χ2v) is 8.73. The van der Waals surface area contributed by atoms with Crippen LogP contribution in [0.3, 0.4) is 0 Å². The number of rotatable bonds is 4. The van der Waals surface area contributed by atoms with Gasteiger partial charge in [0.15, 0.2) is 0 Å². The first-order valence-electron chi connectivity index (χ1n) is 7.72. The van der Waals surface area contributed by atoms with E-state index in [9.17, 15) is 13.2 Å². The van der Waals surface area contributed by atoms with Crippen LogP contribution in [0.4, 0.5) is 0 Å². The zero-order valence-corrected chi connectivity index (χ0v) is 15.7. The molecule has 0 saturated carbocycles. The molecule has 1 aliphatic heterocycles. The highest BCUT2D eigenvalue weighted by Crippen LogP contribution is 2.20. The molecule has 8 heteroatoms. The lowest BCUT2D eigenvalue weighted by atomic mass is 10.3. The molecule has 1 fully saturated rings. The standard InChI is InChI=1S/C17H17ClN2O3S2/c18-15-2-4-16(5-3-15)25(22,23)20-10-8-19(9-11-20)17(21)6-1-14-7-12-24-13-14/h1-7,12-13H,8-11H2. The molecule has 2 heterocycles. The Morgan fingerprint density at radius 3 is 2.36 bits per heavy atom. The first-order chi connectivity index (χ1) is 12.0. The van der Waals surface area contributed by atoms with Gasteiger partial charge in [-0.2, -0.15) is 15.6 Å². The van der Waals surface area contributed by atoms with Crippen LogP contribution >= 0.6 is 22.9 Å². The smallest absolute Gasteiger partial charge is 0.246 e. The lowest BCUT2D eigenvalue weighted by Gasteiger charge is -2.33. The summed E-state index contributed by atoms with van der Waals surface area (Å²) in [4.78, 5) is 14.1. The van der Waals surface area contributed by atoms with Crippen LogP contribution in [0.5, 0.6) is 0 Å². The molecular formula is C17H17ClN2O3S2. The molecule has 3 rings (SSSR count). The molecule has 0 spiro atoms. The van der Waals surface area contributed by atoms with Crippen molar-refractivity contribution >= 4 is 44.9 Å². The maximum atomic E-state index is 12.6. The minimum Gasteiger partial charge on any atom is -0.337 e. The number of sulfonamides is 1. The Morgan fingerprint density at radius 1 is 1.08 bits per heavy atom. The molecule has 5 nitrogen and oxygen atoms in total. The summed E-state index contributed by atoms with van der Waals surface area (Å²) in [7, 11) is -3.56. The van der Waals surface area contributed by atoms with Crippen molar-refractivity contribution in [2.75, 3.05) is 26.2 Å². The van der Waals surface area contributed by atoms with Gasteiger partial charge in [-0.05, 0) is 52.7 Å². The summed E-state index contributed by atoms with van der Waals surface area (Å²) in [5.74, 6) is -0.102. The fraction of sp³-hybridized carbons (Fsp3) is 0.235. The molecule has 132 valence electrons. The number of piperazine rings is 1. The number of amides is 1. The molecule has 1 aliphatic rings. The molecule has 1 aromatic carbocycles. The minimum absolute atomic E-state index is 0.102. The zero-order valence-electron chi connectivity index (χ0n) is 13.3. The van der Waals surface area contributed by atoms with E-state index in [1.54, 1.807) is 34.4 Å². The topological polar surface area (TPSA) is 57.7 Å². The van der Waals surface area contributed by atoms with Crippen LogP contribution in [0.2, 0.25) is 5.02 Å². The molecular weight excluding hydrogens is 380 g/mol. The van der Waals surface area contributed by atoms with E-state index in [1.165, 1.54) is 22.5 Å². The van der Waals surface area contributed by atoms with Crippen LogP contribution in [0.15, 0.2) is 52.1 Å². The predicted molar refractivity (Wildman–Crippen MR) is 100 cm³/mol. The van der Waals surface area contributed by atoms with Crippen molar-refractivity contribution in [1.82, 2.24) is 9.21 Å². The number of benzene rings is 1. The largest absolute Gasteiger partial charge is 0.337 e. The fourth-order valence-electron chi connectivity index (χ4n) is 2.55. The fourth-order valence-corrected chi connectivity index (χ4v) is 4.72. The van der Waals surface area contributed by atoms with E-state index in [1.807, 2.05) is 16.8 Å². The van der Waals surface area contributed by atoms with E-state index in [-0.39, 0.29) is 23.9 Å². The van der Waals surface area contributed by atoms with Crippen LogP contribution in [0.1, 0.15) is 5.56 Å². The summed E-state index contributed by atoms with van der Waals surface area (Å²) in [5, 5.41) is 4.40. The highest BCUT2D eigenvalue weighted by Gasteiger charge is 2.29. The van der Waals surface area contributed by atoms with E-state index in [0.717, 1.165) is 5.56 Å². The number of nitrogens with zero attached hydrogens (tertiary/aromatic N) is 2. The first kappa shape index (κ1) is 18.1. The Morgan fingerprint density at radius 2 is 1.76 bits per heavy atom. The maximum Gasteiger partial charge on any atom is 0.246 e. The summed E-state index contributed by atoms with van der Waals surface area (Å²) in [5.41, 5.74) is 0.988. The SMILES string of the molecule is O=C(C=Cc1ccsc1)N1CCN(S(=O)(=O)c2ccc(Cl)cc2)CC1.